The number of carbonyl (C=O) groups is 2. The molecule has 3 aromatic carbocycles. The van der Waals surface area contributed by atoms with Crippen LogP contribution in [0.5, 0.6) is 0 Å². The number of rotatable bonds is 7. The highest BCUT2D eigenvalue weighted by atomic mass is 35.5. The van der Waals surface area contributed by atoms with E-state index in [0.29, 0.717) is 17.3 Å². The fraction of sp³-hybridized carbons (Fsp3) is 0.226. The molecule has 0 spiro atoms. The minimum Gasteiger partial charge on any atom is -0.316 e. The molecule has 0 radical (unpaired) electrons. The molecule has 0 bridgehead atoms. The summed E-state index contributed by atoms with van der Waals surface area (Å²) in [7, 11) is 0. The number of nitrogens with zero attached hydrogens (tertiary/aromatic N) is 3. The van der Waals surface area contributed by atoms with Crippen molar-refractivity contribution in [2.45, 2.75) is 32.7 Å². The maximum absolute atomic E-state index is 14.2. The number of hydrogen-bond donors (Lipinski definition) is 1. The summed E-state index contributed by atoms with van der Waals surface area (Å²) in [4.78, 5) is 31.0. The van der Waals surface area contributed by atoms with Crippen LogP contribution in [0, 0.1) is 6.92 Å². The van der Waals surface area contributed by atoms with Crippen molar-refractivity contribution in [1.82, 2.24) is 9.47 Å². The smallest absolute Gasteiger partial charge is 0.316 e. The summed E-state index contributed by atoms with van der Waals surface area (Å²) in [6, 6.07) is 26.6. The molecule has 0 aliphatic carbocycles. The predicted molar refractivity (Wildman–Crippen MR) is 153 cm³/mol. The third-order valence-corrected chi connectivity index (χ3v) is 7.09. The van der Waals surface area contributed by atoms with Crippen LogP contribution in [0.1, 0.15) is 42.6 Å². The first-order valence-electron chi connectivity index (χ1n) is 12.9. The number of halogens is 1. The van der Waals surface area contributed by atoms with Gasteiger partial charge in [0, 0.05) is 23.5 Å². The van der Waals surface area contributed by atoms with Crippen LogP contribution in [-0.4, -0.2) is 34.5 Å². The topological polar surface area (TPSA) is 57.6 Å². The Balaban J connectivity index is 1.50. The largest absolute Gasteiger partial charge is 0.322 e. The molecule has 1 aliphatic heterocycles. The van der Waals surface area contributed by atoms with E-state index >= 15 is 0 Å². The Hall–Kier alpha value is -4.03. The number of nitrogens with one attached hydrogen (secondary N) is 1. The predicted octanol–water partition coefficient (Wildman–Crippen LogP) is 7.21. The molecular formula is C31H31ClN4O2. The Morgan fingerprint density at radius 3 is 2.45 bits per heavy atom. The third kappa shape index (κ3) is 5.18. The Morgan fingerprint density at radius 2 is 1.71 bits per heavy atom. The quantitative estimate of drug-likeness (QED) is 0.276. The zero-order valence-electron chi connectivity index (χ0n) is 21.6. The lowest BCUT2D eigenvalue weighted by molar-refractivity contribution is -0.119. The second kappa shape index (κ2) is 11.2. The van der Waals surface area contributed by atoms with Gasteiger partial charge in [0.2, 0.25) is 5.91 Å². The van der Waals surface area contributed by atoms with Crippen molar-refractivity contribution in [2.24, 2.45) is 0 Å². The van der Waals surface area contributed by atoms with Gasteiger partial charge in [0.15, 0.2) is 0 Å². The van der Waals surface area contributed by atoms with Gasteiger partial charge in [-0.25, -0.2) is 4.79 Å². The molecule has 5 rings (SSSR count). The molecule has 4 aromatic rings. The summed E-state index contributed by atoms with van der Waals surface area (Å²) < 4.78 is 2.15. The highest BCUT2D eigenvalue weighted by Gasteiger charge is 2.37. The van der Waals surface area contributed by atoms with Gasteiger partial charge in [-0.15, -0.1) is 0 Å². The van der Waals surface area contributed by atoms with Crippen LogP contribution >= 0.6 is 11.6 Å². The van der Waals surface area contributed by atoms with E-state index in [1.807, 2.05) is 47.5 Å². The molecule has 194 valence electrons. The number of benzene rings is 3. The molecule has 1 N–H and O–H groups in total. The van der Waals surface area contributed by atoms with Gasteiger partial charge in [-0.05, 0) is 67.4 Å². The Bertz CT molecular complexity index is 1450. The molecule has 2 heterocycles. The van der Waals surface area contributed by atoms with Crippen LogP contribution in [-0.2, 0) is 4.79 Å². The first-order chi connectivity index (χ1) is 18.5. The van der Waals surface area contributed by atoms with Crippen molar-refractivity contribution in [3.05, 3.63) is 113 Å². The van der Waals surface area contributed by atoms with E-state index in [-0.39, 0.29) is 24.5 Å². The summed E-state index contributed by atoms with van der Waals surface area (Å²) in [6.45, 7) is 4.55. The second-order valence-corrected chi connectivity index (χ2v) is 10.0. The zero-order chi connectivity index (χ0) is 26.6. The van der Waals surface area contributed by atoms with Gasteiger partial charge in [-0.3, -0.25) is 9.69 Å². The van der Waals surface area contributed by atoms with Gasteiger partial charge >= 0.3 is 6.03 Å². The average Bonchev–Trinajstić information content (AvgIpc) is 3.41. The van der Waals surface area contributed by atoms with Crippen LogP contribution in [0.2, 0.25) is 5.02 Å². The van der Waals surface area contributed by atoms with Crippen molar-refractivity contribution in [2.75, 3.05) is 23.3 Å². The Kier molecular flexibility index (Phi) is 7.52. The third-order valence-electron chi connectivity index (χ3n) is 6.84. The highest BCUT2D eigenvalue weighted by Crippen LogP contribution is 2.42. The number of para-hydroxylation sites is 2. The number of hydrogen-bond acceptors (Lipinski definition) is 2. The Morgan fingerprint density at radius 1 is 0.947 bits per heavy atom. The van der Waals surface area contributed by atoms with Crippen molar-refractivity contribution >= 4 is 34.9 Å². The van der Waals surface area contributed by atoms with Crippen molar-refractivity contribution in [3.8, 4) is 5.69 Å². The van der Waals surface area contributed by atoms with E-state index in [1.165, 1.54) is 0 Å². The lowest BCUT2D eigenvalue weighted by Crippen LogP contribution is -2.48. The van der Waals surface area contributed by atoms with Crippen molar-refractivity contribution in [1.29, 1.82) is 0 Å². The zero-order valence-corrected chi connectivity index (χ0v) is 22.4. The lowest BCUT2D eigenvalue weighted by atomic mass is 9.96. The number of anilines is 2. The summed E-state index contributed by atoms with van der Waals surface area (Å²) in [5.41, 5.74) is 5.55. The van der Waals surface area contributed by atoms with Crippen molar-refractivity contribution < 1.29 is 9.59 Å². The van der Waals surface area contributed by atoms with Gasteiger partial charge in [0.05, 0.1) is 17.1 Å². The normalized spacial score (nSPS) is 14.0. The van der Waals surface area contributed by atoms with E-state index in [4.69, 9.17) is 11.6 Å². The van der Waals surface area contributed by atoms with E-state index in [0.717, 1.165) is 41.0 Å². The van der Waals surface area contributed by atoms with E-state index in [2.05, 4.69) is 48.0 Å². The number of aromatic nitrogens is 1. The van der Waals surface area contributed by atoms with Crippen LogP contribution in [0.25, 0.3) is 5.69 Å². The summed E-state index contributed by atoms with van der Waals surface area (Å²) in [5.74, 6) is -0.140. The molecule has 1 aliphatic rings. The summed E-state index contributed by atoms with van der Waals surface area (Å²) in [5, 5.41) is 3.52. The minimum absolute atomic E-state index is 0.0449. The van der Waals surface area contributed by atoms with Crippen molar-refractivity contribution in [3.63, 3.8) is 0 Å². The van der Waals surface area contributed by atoms with Crippen LogP contribution in [0.3, 0.4) is 0 Å². The lowest BCUT2D eigenvalue weighted by Gasteiger charge is -2.39. The highest BCUT2D eigenvalue weighted by molar-refractivity contribution is 6.30. The fourth-order valence-electron chi connectivity index (χ4n) is 4.99. The number of carbonyl (C=O) groups excluding carboxylic acids is 2. The van der Waals surface area contributed by atoms with Gasteiger partial charge in [0.1, 0.15) is 12.6 Å². The van der Waals surface area contributed by atoms with Gasteiger partial charge in [-0.2, -0.15) is 0 Å². The maximum Gasteiger partial charge on any atom is 0.322 e. The molecule has 0 saturated heterocycles. The summed E-state index contributed by atoms with van der Waals surface area (Å²) in [6.07, 6.45) is 3.73. The first kappa shape index (κ1) is 25.6. The Labute approximate surface area is 228 Å². The van der Waals surface area contributed by atoms with Crippen LogP contribution < -0.4 is 10.2 Å². The molecular weight excluding hydrogens is 496 g/mol. The number of urea groups is 1. The van der Waals surface area contributed by atoms with Crippen LogP contribution in [0.15, 0.2) is 91.1 Å². The number of aryl methyl sites for hydroxylation is 1. The average molecular weight is 527 g/mol. The van der Waals surface area contributed by atoms with Crippen LogP contribution in [0.4, 0.5) is 16.2 Å². The molecule has 3 amide bonds. The van der Waals surface area contributed by atoms with E-state index < -0.39 is 0 Å². The van der Waals surface area contributed by atoms with E-state index in [9.17, 15) is 9.59 Å². The molecule has 6 nitrogen and oxygen atoms in total. The molecule has 1 aromatic heterocycles. The molecule has 38 heavy (non-hydrogen) atoms. The molecule has 0 saturated carbocycles. The SMILES string of the molecule is CCCCN(CC(=O)N1c2ccccc2-n2cccc2C1c1cccc(C)c1)C(=O)Nc1ccc(Cl)cc1. The monoisotopic (exact) mass is 526 g/mol. The molecule has 1 unspecified atom stereocenters. The second-order valence-electron chi connectivity index (χ2n) is 9.58. The standard InChI is InChI=1S/C31H31ClN4O2/c1-3-4-18-34(31(38)33-25-16-14-24(32)15-17-25)21-29(37)36-27-12-6-5-11-26(27)35-19-8-13-28(35)30(36)23-10-7-9-22(2)20-23/h5-17,19-20,30H,3-4,18,21H2,1-2H3,(H,33,38). The minimum atomic E-state index is -0.320. The molecule has 7 heteroatoms. The number of unbranched alkanes of at least 4 members (excludes halogenated alkanes) is 1. The molecule has 0 fully saturated rings. The fourth-order valence-corrected chi connectivity index (χ4v) is 5.12. The van der Waals surface area contributed by atoms with Gasteiger partial charge < -0.3 is 14.8 Å². The number of amides is 3. The van der Waals surface area contributed by atoms with Gasteiger partial charge in [0.25, 0.3) is 0 Å². The first-order valence-corrected chi connectivity index (χ1v) is 13.3. The number of fused-ring (bicyclic) bond motifs is 3. The summed E-state index contributed by atoms with van der Waals surface area (Å²) >= 11 is 6.00. The van der Waals surface area contributed by atoms with Gasteiger partial charge in [-0.1, -0.05) is 66.9 Å². The maximum atomic E-state index is 14.2. The van der Waals surface area contributed by atoms with E-state index in [1.54, 1.807) is 29.2 Å². The molecule has 1 atom stereocenters.